The number of ether oxygens (including phenoxy) is 2. The molecule has 35 heavy (non-hydrogen) atoms. The number of nitro groups is 1. The van der Waals surface area contributed by atoms with Crippen molar-refractivity contribution in [1.29, 1.82) is 5.26 Å². The van der Waals surface area contributed by atoms with Crippen molar-refractivity contribution in [2.45, 2.75) is 20.5 Å². The predicted molar refractivity (Wildman–Crippen MR) is 136 cm³/mol. The molecule has 3 aromatic rings. The summed E-state index contributed by atoms with van der Waals surface area (Å²) in [6, 6.07) is 16.8. The van der Waals surface area contributed by atoms with Crippen LogP contribution in [-0.4, -0.2) is 17.9 Å². The number of nitrogens with one attached hydrogen (secondary N) is 1. The van der Waals surface area contributed by atoms with Crippen LogP contribution in [0.3, 0.4) is 0 Å². The number of anilines is 1. The summed E-state index contributed by atoms with van der Waals surface area (Å²) in [5, 5.41) is 23.1. The quantitative estimate of drug-likeness (QED) is 0.161. The van der Waals surface area contributed by atoms with Crippen LogP contribution in [0.5, 0.6) is 11.5 Å². The third kappa shape index (κ3) is 6.46. The molecule has 0 radical (unpaired) electrons. The van der Waals surface area contributed by atoms with Crippen LogP contribution in [0, 0.1) is 35.3 Å². The van der Waals surface area contributed by atoms with Gasteiger partial charge in [-0.25, -0.2) is 0 Å². The number of nitro benzene ring substituents is 1. The van der Waals surface area contributed by atoms with Gasteiger partial charge >= 0.3 is 0 Å². The molecule has 3 aromatic carbocycles. The lowest BCUT2D eigenvalue weighted by Gasteiger charge is -2.13. The molecular weight excluding hydrogens is 514 g/mol. The molecule has 178 valence electrons. The van der Waals surface area contributed by atoms with Gasteiger partial charge in [-0.15, -0.1) is 0 Å². The Bertz CT molecular complexity index is 1340. The zero-order valence-corrected chi connectivity index (χ0v) is 20.9. The Hall–Kier alpha value is -4.16. The van der Waals surface area contributed by atoms with Crippen molar-refractivity contribution in [1.82, 2.24) is 0 Å². The van der Waals surface area contributed by atoms with Gasteiger partial charge in [0.2, 0.25) is 0 Å². The molecule has 0 spiro atoms. The van der Waals surface area contributed by atoms with Gasteiger partial charge < -0.3 is 14.8 Å². The Morgan fingerprint density at radius 2 is 1.83 bits per heavy atom. The second-order valence-corrected chi connectivity index (χ2v) is 8.51. The summed E-state index contributed by atoms with van der Waals surface area (Å²) in [6.45, 7) is 4.09. The average Bonchev–Trinajstić information content (AvgIpc) is 2.84. The topological polar surface area (TPSA) is 114 Å². The van der Waals surface area contributed by atoms with Crippen molar-refractivity contribution in [2.24, 2.45) is 0 Å². The maximum Gasteiger partial charge on any atom is 0.269 e. The van der Waals surface area contributed by atoms with Crippen LogP contribution in [0.2, 0.25) is 0 Å². The van der Waals surface area contributed by atoms with Gasteiger partial charge in [-0.1, -0.05) is 22.0 Å². The summed E-state index contributed by atoms with van der Waals surface area (Å²) in [5.74, 6) is 0.293. The van der Waals surface area contributed by atoms with E-state index in [0.29, 0.717) is 27.2 Å². The highest BCUT2D eigenvalue weighted by molar-refractivity contribution is 9.10. The zero-order chi connectivity index (χ0) is 25.5. The molecule has 9 heteroatoms. The first-order chi connectivity index (χ1) is 16.7. The zero-order valence-electron chi connectivity index (χ0n) is 19.3. The van der Waals surface area contributed by atoms with E-state index in [9.17, 15) is 20.2 Å². The van der Waals surface area contributed by atoms with E-state index < -0.39 is 10.8 Å². The molecule has 0 saturated carbocycles. The number of nitrogens with zero attached hydrogens (tertiary/aromatic N) is 2. The number of hydrogen-bond acceptors (Lipinski definition) is 6. The first-order valence-electron chi connectivity index (χ1n) is 10.5. The summed E-state index contributed by atoms with van der Waals surface area (Å²) < 4.78 is 11.9. The molecule has 0 aliphatic heterocycles. The van der Waals surface area contributed by atoms with Crippen molar-refractivity contribution in [2.75, 3.05) is 12.4 Å². The van der Waals surface area contributed by atoms with E-state index in [4.69, 9.17) is 9.47 Å². The number of non-ortho nitro benzene ring substituents is 1. The van der Waals surface area contributed by atoms with Gasteiger partial charge in [-0.05, 0) is 78.6 Å². The molecule has 0 unspecified atom stereocenters. The molecule has 0 aliphatic rings. The molecule has 0 saturated heterocycles. The van der Waals surface area contributed by atoms with E-state index >= 15 is 0 Å². The first-order valence-corrected chi connectivity index (χ1v) is 11.2. The summed E-state index contributed by atoms with van der Waals surface area (Å²) in [6.07, 6.45) is 1.46. The fraction of sp³-hybridized carbons (Fsp3) is 0.154. The fourth-order valence-electron chi connectivity index (χ4n) is 3.13. The van der Waals surface area contributed by atoms with Gasteiger partial charge in [0.25, 0.3) is 11.6 Å². The van der Waals surface area contributed by atoms with Crippen molar-refractivity contribution >= 4 is 39.3 Å². The highest BCUT2D eigenvalue weighted by Crippen LogP contribution is 2.35. The number of hydrogen-bond donors (Lipinski definition) is 1. The lowest BCUT2D eigenvalue weighted by Crippen LogP contribution is -2.13. The van der Waals surface area contributed by atoms with E-state index in [1.807, 2.05) is 32.0 Å². The molecule has 0 aromatic heterocycles. The van der Waals surface area contributed by atoms with Crippen LogP contribution in [-0.2, 0) is 11.4 Å². The number of carbonyl (C=O) groups is 1. The third-order valence-corrected chi connectivity index (χ3v) is 5.94. The molecule has 1 N–H and O–H groups in total. The number of benzene rings is 3. The van der Waals surface area contributed by atoms with E-state index in [1.54, 1.807) is 30.3 Å². The van der Waals surface area contributed by atoms with Gasteiger partial charge in [0.1, 0.15) is 18.2 Å². The Morgan fingerprint density at radius 1 is 1.11 bits per heavy atom. The summed E-state index contributed by atoms with van der Waals surface area (Å²) in [4.78, 5) is 23.0. The fourth-order valence-corrected chi connectivity index (χ4v) is 3.57. The number of nitriles is 1. The standard InChI is InChI=1S/C26H22BrN3O5/c1-16-4-7-21(10-17(16)2)29-26(31)20(14-28)11-19-12-24(34-3)25(13-23(19)27)35-15-18-5-8-22(9-6-18)30(32)33/h4-13H,15H2,1-3H3,(H,29,31)/b20-11+. The third-order valence-electron chi connectivity index (χ3n) is 5.25. The molecule has 3 rings (SSSR count). The van der Waals surface area contributed by atoms with Crippen molar-refractivity contribution in [3.05, 3.63) is 97.0 Å². The van der Waals surface area contributed by atoms with Gasteiger partial charge in [0.15, 0.2) is 11.5 Å². The van der Waals surface area contributed by atoms with E-state index in [1.165, 1.54) is 25.3 Å². The molecule has 1 amide bonds. The maximum absolute atomic E-state index is 12.7. The normalized spacial score (nSPS) is 10.9. The van der Waals surface area contributed by atoms with Crippen LogP contribution in [0.15, 0.2) is 64.6 Å². The largest absolute Gasteiger partial charge is 0.493 e. The Balaban J connectivity index is 1.79. The highest BCUT2D eigenvalue weighted by Gasteiger charge is 2.14. The molecular formula is C26H22BrN3O5. The molecule has 8 nitrogen and oxygen atoms in total. The van der Waals surface area contributed by atoms with Crippen LogP contribution in [0.4, 0.5) is 11.4 Å². The molecule has 0 fully saturated rings. The Morgan fingerprint density at radius 3 is 2.43 bits per heavy atom. The summed E-state index contributed by atoms with van der Waals surface area (Å²) >= 11 is 3.46. The minimum absolute atomic E-state index is 0.0000572. The number of aryl methyl sites for hydroxylation is 2. The van der Waals surface area contributed by atoms with Crippen molar-refractivity contribution in [3.8, 4) is 17.6 Å². The summed E-state index contributed by atoms with van der Waals surface area (Å²) in [5.41, 5.74) is 3.95. The van der Waals surface area contributed by atoms with Crippen LogP contribution in [0.25, 0.3) is 6.08 Å². The average molecular weight is 536 g/mol. The van der Waals surface area contributed by atoms with Gasteiger partial charge in [0, 0.05) is 22.3 Å². The smallest absolute Gasteiger partial charge is 0.269 e. The van der Waals surface area contributed by atoms with Gasteiger partial charge in [0.05, 0.1) is 12.0 Å². The van der Waals surface area contributed by atoms with Crippen molar-refractivity contribution in [3.63, 3.8) is 0 Å². The number of methoxy groups -OCH3 is 1. The van der Waals surface area contributed by atoms with Gasteiger partial charge in [-0.3, -0.25) is 14.9 Å². The Kier molecular flexibility index (Phi) is 8.23. The van der Waals surface area contributed by atoms with E-state index in [2.05, 4.69) is 21.2 Å². The Labute approximate surface area is 211 Å². The van der Waals surface area contributed by atoms with Gasteiger partial charge in [-0.2, -0.15) is 5.26 Å². The van der Waals surface area contributed by atoms with Crippen LogP contribution in [0.1, 0.15) is 22.3 Å². The monoisotopic (exact) mass is 535 g/mol. The van der Waals surface area contributed by atoms with Crippen LogP contribution < -0.4 is 14.8 Å². The number of halogens is 1. The minimum Gasteiger partial charge on any atom is -0.493 e. The van der Waals surface area contributed by atoms with E-state index in [0.717, 1.165) is 16.7 Å². The SMILES string of the molecule is COc1cc(/C=C(\C#N)C(=O)Nc2ccc(C)c(C)c2)c(Br)cc1OCc1ccc([N+](=O)[O-])cc1. The molecule has 0 aliphatic carbocycles. The second kappa shape index (κ2) is 11.3. The number of carbonyl (C=O) groups excluding carboxylic acids is 1. The number of rotatable bonds is 8. The summed E-state index contributed by atoms with van der Waals surface area (Å²) in [7, 11) is 1.48. The maximum atomic E-state index is 12.7. The van der Waals surface area contributed by atoms with Crippen LogP contribution >= 0.6 is 15.9 Å². The number of amides is 1. The van der Waals surface area contributed by atoms with Crippen molar-refractivity contribution < 1.29 is 19.2 Å². The highest BCUT2D eigenvalue weighted by atomic mass is 79.9. The lowest BCUT2D eigenvalue weighted by atomic mass is 10.1. The lowest BCUT2D eigenvalue weighted by molar-refractivity contribution is -0.384. The molecule has 0 atom stereocenters. The predicted octanol–water partition coefficient (Wildman–Crippen LogP) is 6.11. The minimum atomic E-state index is -0.528. The molecule has 0 bridgehead atoms. The molecule has 0 heterocycles. The van der Waals surface area contributed by atoms with E-state index in [-0.39, 0.29) is 17.9 Å². The first kappa shape index (κ1) is 25.5. The second-order valence-electron chi connectivity index (χ2n) is 7.66.